The lowest BCUT2D eigenvalue weighted by atomic mass is 10.3. The van der Waals surface area contributed by atoms with E-state index in [0.717, 1.165) is 10.7 Å². The summed E-state index contributed by atoms with van der Waals surface area (Å²) in [5, 5.41) is 2.77. The highest BCUT2D eigenvalue weighted by Crippen LogP contribution is 2.16. The van der Waals surface area contributed by atoms with Crippen LogP contribution in [0.15, 0.2) is 34.2 Å². The maximum absolute atomic E-state index is 11.8. The van der Waals surface area contributed by atoms with Crippen molar-refractivity contribution in [2.75, 3.05) is 0 Å². The molecule has 3 aromatic heterocycles. The third-order valence-electron chi connectivity index (χ3n) is 3.26. The second kappa shape index (κ2) is 6.21. The van der Waals surface area contributed by atoms with Crippen molar-refractivity contribution in [3.63, 3.8) is 0 Å². The molecular weight excluding hydrogens is 318 g/mol. The van der Waals surface area contributed by atoms with Gasteiger partial charge in [0.25, 0.3) is 5.56 Å². The van der Waals surface area contributed by atoms with E-state index >= 15 is 0 Å². The van der Waals surface area contributed by atoms with Crippen molar-refractivity contribution in [1.29, 1.82) is 0 Å². The molecule has 0 unspecified atom stereocenters. The van der Waals surface area contributed by atoms with Crippen LogP contribution in [0.4, 0.5) is 0 Å². The molecular formula is C14H15N5O3S. The summed E-state index contributed by atoms with van der Waals surface area (Å²) in [6.45, 7) is 2.56. The molecule has 0 spiro atoms. The van der Waals surface area contributed by atoms with Gasteiger partial charge in [0.15, 0.2) is 4.96 Å². The van der Waals surface area contributed by atoms with Crippen LogP contribution in [0.25, 0.3) is 4.96 Å². The molecule has 0 fully saturated rings. The summed E-state index contributed by atoms with van der Waals surface area (Å²) in [6.07, 6.45) is 5.39. The molecule has 0 atom stereocenters. The van der Waals surface area contributed by atoms with Gasteiger partial charge >= 0.3 is 5.69 Å². The van der Waals surface area contributed by atoms with Gasteiger partial charge in [-0.1, -0.05) is 0 Å². The third kappa shape index (κ3) is 3.57. The van der Waals surface area contributed by atoms with Crippen molar-refractivity contribution in [1.82, 2.24) is 24.3 Å². The van der Waals surface area contributed by atoms with E-state index in [-0.39, 0.29) is 18.9 Å². The first-order valence-electron chi connectivity index (χ1n) is 7.02. The highest BCUT2D eigenvalue weighted by atomic mass is 32.1. The van der Waals surface area contributed by atoms with E-state index in [4.69, 9.17) is 0 Å². The topological polar surface area (TPSA) is 101 Å². The lowest BCUT2D eigenvalue weighted by Gasteiger charge is -2.05. The Morgan fingerprint density at radius 2 is 2.22 bits per heavy atom. The molecule has 0 saturated carbocycles. The molecule has 0 aliphatic rings. The van der Waals surface area contributed by atoms with Crippen molar-refractivity contribution < 1.29 is 4.79 Å². The number of aromatic nitrogens is 4. The Bertz CT molecular complexity index is 933. The van der Waals surface area contributed by atoms with Crippen molar-refractivity contribution in [2.45, 2.75) is 26.4 Å². The van der Waals surface area contributed by atoms with E-state index in [0.29, 0.717) is 6.54 Å². The molecule has 0 aliphatic heterocycles. The van der Waals surface area contributed by atoms with Gasteiger partial charge in [-0.05, 0) is 6.92 Å². The zero-order valence-electron chi connectivity index (χ0n) is 12.4. The maximum Gasteiger partial charge on any atom is 0.328 e. The summed E-state index contributed by atoms with van der Waals surface area (Å²) in [5.41, 5.74) is -0.188. The smallest absolute Gasteiger partial charge is 0.328 e. The molecule has 0 radical (unpaired) electrons. The Morgan fingerprint density at radius 1 is 1.39 bits per heavy atom. The quantitative estimate of drug-likeness (QED) is 0.699. The van der Waals surface area contributed by atoms with Gasteiger partial charge in [-0.2, -0.15) is 0 Å². The lowest BCUT2D eigenvalue weighted by Crippen LogP contribution is -2.31. The summed E-state index contributed by atoms with van der Waals surface area (Å²) in [7, 11) is 0. The van der Waals surface area contributed by atoms with Gasteiger partial charge in [-0.15, -0.1) is 11.3 Å². The highest BCUT2D eigenvalue weighted by Gasteiger charge is 2.07. The van der Waals surface area contributed by atoms with Gasteiger partial charge in [0, 0.05) is 42.5 Å². The summed E-state index contributed by atoms with van der Waals surface area (Å²) in [5.74, 6) is -0.185. The van der Waals surface area contributed by atoms with E-state index < -0.39 is 11.2 Å². The van der Waals surface area contributed by atoms with Gasteiger partial charge in [0.2, 0.25) is 5.91 Å². The van der Waals surface area contributed by atoms with Crippen LogP contribution in [-0.4, -0.2) is 24.8 Å². The number of aryl methyl sites for hydroxylation is 2. The lowest BCUT2D eigenvalue weighted by molar-refractivity contribution is -0.121. The number of amides is 1. The number of imidazole rings is 1. The van der Waals surface area contributed by atoms with Crippen LogP contribution in [0.1, 0.15) is 17.0 Å². The molecule has 23 heavy (non-hydrogen) atoms. The molecule has 0 aromatic carbocycles. The van der Waals surface area contributed by atoms with Crippen LogP contribution < -0.4 is 16.6 Å². The molecule has 0 saturated heterocycles. The van der Waals surface area contributed by atoms with E-state index in [2.05, 4.69) is 15.3 Å². The van der Waals surface area contributed by atoms with Gasteiger partial charge in [0.1, 0.15) is 0 Å². The number of thiazole rings is 1. The number of hydrogen-bond acceptors (Lipinski definition) is 5. The third-order valence-corrected chi connectivity index (χ3v) is 4.18. The second-order valence-electron chi connectivity index (χ2n) is 5.09. The Hall–Kier alpha value is -2.68. The minimum Gasteiger partial charge on any atom is -0.350 e. The summed E-state index contributed by atoms with van der Waals surface area (Å²) >= 11 is 1.59. The van der Waals surface area contributed by atoms with Crippen LogP contribution >= 0.6 is 11.3 Å². The molecule has 8 nitrogen and oxygen atoms in total. The van der Waals surface area contributed by atoms with E-state index in [9.17, 15) is 14.4 Å². The number of carbonyl (C=O) groups excluding carboxylic acids is 1. The van der Waals surface area contributed by atoms with Gasteiger partial charge in [-0.25, -0.2) is 9.78 Å². The zero-order valence-corrected chi connectivity index (χ0v) is 13.2. The van der Waals surface area contributed by atoms with Gasteiger partial charge in [0.05, 0.1) is 12.2 Å². The van der Waals surface area contributed by atoms with Crippen molar-refractivity contribution in [3.05, 3.63) is 56.1 Å². The SMILES string of the molecule is Cc1cn2cc(CNC(=O)CCn3ccc(=O)[nH]c3=O)nc2s1. The largest absolute Gasteiger partial charge is 0.350 e. The fourth-order valence-corrected chi connectivity index (χ4v) is 2.99. The fraction of sp³-hybridized carbons (Fsp3) is 0.286. The van der Waals surface area contributed by atoms with Crippen molar-refractivity contribution >= 4 is 22.2 Å². The minimum absolute atomic E-state index is 0.146. The van der Waals surface area contributed by atoms with Crippen LogP contribution in [-0.2, 0) is 17.9 Å². The second-order valence-corrected chi connectivity index (χ2v) is 6.31. The molecule has 3 rings (SSSR count). The Balaban J connectivity index is 1.53. The highest BCUT2D eigenvalue weighted by molar-refractivity contribution is 7.16. The number of nitrogens with one attached hydrogen (secondary N) is 2. The molecule has 3 heterocycles. The Morgan fingerprint density at radius 3 is 2.96 bits per heavy atom. The number of rotatable bonds is 5. The van der Waals surface area contributed by atoms with Crippen LogP contribution in [0, 0.1) is 6.92 Å². The van der Waals surface area contributed by atoms with Crippen LogP contribution in [0.5, 0.6) is 0 Å². The molecule has 2 N–H and O–H groups in total. The summed E-state index contributed by atoms with van der Waals surface area (Å²) in [4.78, 5) is 42.9. The first-order chi connectivity index (χ1) is 11.0. The molecule has 120 valence electrons. The molecule has 0 aliphatic carbocycles. The number of hydrogen-bond donors (Lipinski definition) is 2. The zero-order chi connectivity index (χ0) is 16.4. The number of carbonyl (C=O) groups is 1. The standard InChI is InChI=1S/C14H15N5O3S/c1-9-7-19-8-10(16-14(19)23-9)6-15-11(20)2-4-18-5-3-12(21)17-13(18)22/h3,5,7-8H,2,4,6H2,1H3,(H,15,20)(H,17,21,22). The van der Waals surface area contributed by atoms with E-state index in [1.54, 1.807) is 11.3 Å². The molecule has 9 heteroatoms. The number of fused-ring (bicyclic) bond motifs is 1. The van der Waals surface area contributed by atoms with Gasteiger partial charge in [-0.3, -0.25) is 19.0 Å². The average Bonchev–Trinajstić information content (AvgIpc) is 3.01. The number of H-pyrrole nitrogens is 1. The minimum atomic E-state index is -0.519. The first-order valence-corrected chi connectivity index (χ1v) is 7.83. The summed E-state index contributed by atoms with van der Waals surface area (Å²) < 4.78 is 3.22. The number of nitrogens with zero attached hydrogens (tertiary/aromatic N) is 3. The normalized spacial score (nSPS) is 11.0. The average molecular weight is 333 g/mol. The predicted octanol–water partition coefficient (Wildman–Crippen LogP) is 0.261. The van der Waals surface area contributed by atoms with Crippen LogP contribution in [0.3, 0.4) is 0 Å². The molecule has 0 bridgehead atoms. The van der Waals surface area contributed by atoms with E-state index in [1.165, 1.54) is 21.7 Å². The van der Waals surface area contributed by atoms with E-state index in [1.807, 2.05) is 23.7 Å². The molecule has 1 amide bonds. The number of aromatic amines is 1. The van der Waals surface area contributed by atoms with Crippen molar-refractivity contribution in [3.8, 4) is 0 Å². The van der Waals surface area contributed by atoms with Crippen molar-refractivity contribution in [2.24, 2.45) is 0 Å². The molecule has 3 aromatic rings. The van der Waals surface area contributed by atoms with Gasteiger partial charge < -0.3 is 9.88 Å². The van der Waals surface area contributed by atoms with Crippen LogP contribution in [0.2, 0.25) is 0 Å². The Labute approximate surface area is 134 Å². The monoisotopic (exact) mass is 333 g/mol. The fourth-order valence-electron chi connectivity index (χ4n) is 2.16. The summed E-state index contributed by atoms with van der Waals surface area (Å²) in [6, 6.07) is 1.25. The maximum atomic E-state index is 11.8. The predicted molar refractivity (Wildman–Crippen MR) is 85.6 cm³/mol. The Kier molecular flexibility index (Phi) is 4.11. The first kappa shape index (κ1) is 15.2.